The van der Waals surface area contributed by atoms with Crippen LogP contribution in [0.4, 0.5) is 5.69 Å². The zero-order valence-electron chi connectivity index (χ0n) is 12.1. The molecule has 2 rings (SSSR count). The first-order valence-corrected chi connectivity index (χ1v) is 6.94. The van der Waals surface area contributed by atoms with E-state index < -0.39 is 5.91 Å². The zero-order valence-corrected chi connectivity index (χ0v) is 12.1. The monoisotopic (exact) mass is 288 g/mol. The van der Waals surface area contributed by atoms with Gasteiger partial charge < -0.3 is 20.4 Å². The van der Waals surface area contributed by atoms with Crippen LogP contribution in [-0.2, 0) is 17.9 Å². The number of nitrogens with one attached hydrogen (secondary N) is 1. The summed E-state index contributed by atoms with van der Waals surface area (Å²) in [6.45, 7) is 3.66. The van der Waals surface area contributed by atoms with Crippen molar-refractivity contribution in [2.75, 3.05) is 11.9 Å². The summed E-state index contributed by atoms with van der Waals surface area (Å²) in [6, 6.07) is 7.38. The first-order chi connectivity index (χ1) is 10.2. The minimum absolute atomic E-state index is 0.110. The molecule has 1 amide bonds. The Morgan fingerprint density at radius 1 is 1.38 bits per heavy atom. The molecule has 0 saturated heterocycles. The third-order valence-corrected chi connectivity index (χ3v) is 2.95. The number of anilines is 1. The molecule has 1 heterocycles. The van der Waals surface area contributed by atoms with Gasteiger partial charge in [0.2, 0.25) is 0 Å². The number of rotatable bonds is 8. The van der Waals surface area contributed by atoms with Crippen LogP contribution >= 0.6 is 0 Å². The van der Waals surface area contributed by atoms with Crippen molar-refractivity contribution >= 4 is 11.6 Å². The summed E-state index contributed by atoms with van der Waals surface area (Å²) >= 11 is 0. The number of benzene rings is 1. The number of carbonyl (C=O) groups is 1. The Labute approximate surface area is 123 Å². The normalized spacial score (nSPS) is 10.3. The second kappa shape index (κ2) is 7.33. The average molecular weight is 288 g/mol. The van der Waals surface area contributed by atoms with E-state index in [2.05, 4.69) is 21.8 Å². The molecule has 0 aliphatic carbocycles. The van der Waals surface area contributed by atoms with E-state index in [9.17, 15) is 4.79 Å². The molecule has 0 radical (unpaired) electrons. The van der Waals surface area contributed by atoms with Gasteiger partial charge in [-0.2, -0.15) is 0 Å². The van der Waals surface area contributed by atoms with Crippen LogP contribution in [0.5, 0.6) is 5.75 Å². The van der Waals surface area contributed by atoms with Crippen molar-refractivity contribution in [2.45, 2.75) is 26.4 Å². The van der Waals surface area contributed by atoms with Gasteiger partial charge in [-0.05, 0) is 30.7 Å². The highest BCUT2D eigenvalue weighted by molar-refractivity contribution is 5.75. The van der Waals surface area contributed by atoms with E-state index in [1.165, 1.54) is 0 Å². The van der Waals surface area contributed by atoms with Gasteiger partial charge >= 0.3 is 0 Å². The van der Waals surface area contributed by atoms with Crippen molar-refractivity contribution in [3.05, 3.63) is 42.5 Å². The first kappa shape index (κ1) is 14.9. The Hall–Kier alpha value is -2.50. The maximum atomic E-state index is 10.6. The van der Waals surface area contributed by atoms with E-state index in [-0.39, 0.29) is 6.61 Å². The molecule has 6 nitrogen and oxygen atoms in total. The van der Waals surface area contributed by atoms with E-state index >= 15 is 0 Å². The lowest BCUT2D eigenvalue weighted by molar-refractivity contribution is -0.119. The van der Waals surface area contributed by atoms with Crippen LogP contribution in [0.25, 0.3) is 0 Å². The Morgan fingerprint density at radius 2 is 2.14 bits per heavy atom. The Bertz CT molecular complexity index is 578. The van der Waals surface area contributed by atoms with Crippen LogP contribution in [0, 0.1) is 0 Å². The number of primary amides is 1. The highest BCUT2D eigenvalue weighted by Gasteiger charge is 2.02. The van der Waals surface area contributed by atoms with Crippen molar-refractivity contribution in [2.24, 2.45) is 5.73 Å². The first-order valence-electron chi connectivity index (χ1n) is 6.94. The lowest BCUT2D eigenvalue weighted by Crippen LogP contribution is -2.19. The minimum Gasteiger partial charge on any atom is -0.484 e. The van der Waals surface area contributed by atoms with Gasteiger partial charge in [0.15, 0.2) is 6.61 Å². The fourth-order valence-electron chi connectivity index (χ4n) is 1.96. The van der Waals surface area contributed by atoms with Gasteiger partial charge in [-0.25, -0.2) is 4.98 Å². The number of hydrogen-bond acceptors (Lipinski definition) is 4. The molecule has 1 aromatic heterocycles. The fraction of sp³-hybridized carbons (Fsp3) is 0.333. The molecule has 3 N–H and O–H groups in total. The molecule has 0 fully saturated rings. The second-order valence-electron chi connectivity index (χ2n) is 4.67. The molecule has 6 heteroatoms. The zero-order chi connectivity index (χ0) is 15.1. The smallest absolute Gasteiger partial charge is 0.255 e. The minimum atomic E-state index is -0.486. The number of hydrogen-bond donors (Lipinski definition) is 2. The van der Waals surface area contributed by atoms with Crippen molar-refractivity contribution in [3.63, 3.8) is 0 Å². The average Bonchev–Trinajstić information content (AvgIpc) is 2.92. The summed E-state index contributed by atoms with van der Waals surface area (Å²) in [5.74, 6) is 1.14. The summed E-state index contributed by atoms with van der Waals surface area (Å²) in [4.78, 5) is 15.0. The summed E-state index contributed by atoms with van der Waals surface area (Å²) < 4.78 is 7.34. The van der Waals surface area contributed by atoms with Crippen LogP contribution in [0.15, 0.2) is 36.7 Å². The number of aromatic nitrogens is 2. The number of amides is 1. The quantitative estimate of drug-likeness (QED) is 0.775. The van der Waals surface area contributed by atoms with Gasteiger partial charge in [-0.15, -0.1) is 0 Å². The van der Waals surface area contributed by atoms with E-state index in [1.807, 2.05) is 24.5 Å². The van der Waals surface area contributed by atoms with Crippen LogP contribution in [0.1, 0.15) is 19.2 Å². The van der Waals surface area contributed by atoms with Crippen molar-refractivity contribution in [3.8, 4) is 5.75 Å². The highest BCUT2D eigenvalue weighted by Crippen LogP contribution is 2.16. The molecule has 0 saturated carbocycles. The molecular weight excluding hydrogens is 268 g/mol. The van der Waals surface area contributed by atoms with Gasteiger partial charge in [-0.1, -0.05) is 6.92 Å². The lowest BCUT2D eigenvalue weighted by Gasteiger charge is -2.09. The Morgan fingerprint density at radius 3 is 2.81 bits per heavy atom. The second-order valence-corrected chi connectivity index (χ2v) is 4.67. The van der Waals surface area contributed by atoms with Gasteiger partial charge in [0.25, 0.3) is 5.91 Å². The molecule has 21 heavy (non-hydrogen) atoms. The van der Waals surface area contributed by atoms with E-state index in [4.69, 9.17) is 10.5 Å². The third-order valence-electron chi connectivity index (χ3n) is 2.95. The van der Waals surface area contributed by atoms with E-state index in [0.29, 0.717) is 12.3 Å². The number of nitrogens with zero attached hydrogens (tertiary/aromatic N) is 2. The van der Waals surface area contributed by atoms with Crippen molar-refractivity contribution in [1.82, 2.24) is 9.55 Å². The topological polar surface area (TPSA) is 82.2 Å². The van der Waals surface area contributed by atoms with Crippen LogP contribution in [0.2, 0.25) is 0 Å². The predicted molar refractivity (Wildman–Crippen MR) is 81.0 cm³/mol. The van der Waals surface area contributed by atoms with Crippen molar-refractivity contribution in [1.29, 1.82) is 0 Å². The van der Waals surface area contributed by atoms with Crippen LogP contribution in [0.3, 0.4) is 0 Å². The highest BCUT2D eigenvalue weighted by atomic mass is 16.5. The molecular formula is C15H20N4O2. The molecule has 0 spiro atoms. The maximum Gasteiger partial charge on any atom is 0.255 e. The number of ether oxygens (including phenoxy) is 1. The van der Waals surface area contributed by atoms with Crippen LogP contribution < -0.4 is 15.8 Å². The molecule has 1 aromatic carbocycles. The Balaban J connectivity index is 1.88. The SMILES string of the molecule is CCCn1ccnc1CNc1ccc(OCC(N)=O)cc1. The number of imidazole rings is 1. The van der Waals surface area contributed by atoms with Crippen LogP contribution in [-0.4, -0.2) is 22.1 Å². The van der Waals surface area contributed by atoms with Gasteiger partial charge in [0.1, 0.15) is 11.6 Å². The molecule has 0 atom stereocenters. The van der Waals surface area contributed by atoms with E-state index in [1.54, 1.807) is 12.1 Å². The third kappa shape index (κ3) is 4.52. The largest absolute Gasteiger partial charge is 0.484 e. The molecule has 0 aliphatic heterocycles. The summed E-state index contributed by atoms with van der Waals surface area (Å²) in [5, 5.41) is 3.31. The fourth-order valence-corrected chi connectivity index (χ4v) is 1.96. The van der Waals surface area contributed by atoms with Crippen molar-refractivity contribution < 1.29 is 9.53 Å². The number of aryl methyl sites for hydroxylation is 1. The summed E-state index contributed by atoms with van der Waals surface area (Å²) in [5.41, 5.74) is 5.99. The van der Waals surface area contributed by atoms with Gasteiger partial charge in [-0.3, -0.25) is 4.79 Å². The predicted octanol–water partition coefficient (Wildman–Crippen LogP) is 1.77. The lowest BCUT2D eigenvalue weighted by atomic mass is 10.3. The summed E-state index contributed by atoms with van der Waals surface area (Å²) in [7, 11) is 0. The number of nitrogens with two attached hydrogens (primary N) is 1. The molecule has 0 bridgehead atoms. The standard InChI is InChI=1S/C15H20N4O2/c1-2-8-19-9-7-17-15(19)10-18-12-3-5-13(6-4-12)21-11-14(16)20/h3-7,9,18H,2,8,10-11H2,1H3,(H2,16,20). The molecule has 112 valence electrons. The summed E-state index contributed by atoms with van der Waals surface area (Å²) in [6.07, 6.45) is 4.88. The number of carbonyl (C=O) groups excluding carboxylic acids is 1. The molecule has 2 aromatic rings. The molecule has 0 aliphatic rings. The van der Waals surface area contributed by atoms with E-state index in [0.717, 1.165) is 24.5 Å². The van der Waals surface area contributed by atoms with Gasteiger partial charge in [0, 0.05) is 24.6 Å². The van der Waals surface area contributed by atoms with Gasteiger partial charge in [0.05, 0.1) is 6.54 Å². The maximum absolute atomic E-state index is 10.6. The molecule has 0 unspecified atom stereocenters. The Kier molecular flexibility index (Phi) is 5.20.